The van der Waals surface area contributed by atoms with Gasteiger partial charge in [0.1, 0.15) is 9.90 Å². The Morgan fingerprint density at radius 3 is 2.76 bits per heavy atom. The highest BCUT2D eigenvalue weighted by molar-refractivity contribution is 7.91. The SMILES string of the molecule is CCCS(=O)(=O)c1c(N)nsc1N(C)C1CCCC(C)C1. The number of hydrogen-bond acceptors (Lipinski definition) is 6. The first kappa shape index (κ1) is 16.5. The minimum absolute atomic E-state index is 0.123. The molecule has 0 amide bonds. The van der Waals surface area contributed by atoms with Gasteiger partial charge in [-0.2, -0.15) is 4.37 Å². The fourth-order valence-electron chi connectivity index (χ4n) is 3.09. The molecule has 21 heavy (non-hydrogen) atoms. The Kier molecular flexibility index (Phi) is 5.14. The van der Waals surface area contributed by atoms with Crippen LogP contribution < -0.4 is 10.6 Å². The molecule has 0 bridgehead atoms. The van der Waals surface area contributed by atoms with Gasteiger partial charge in [0.05, 0.1) is 5.75 Å². The van der Waals surface area contributed by atoms with Crippen LogP contribution in [0.3, 0.4) is 0 Å². The maximum absolute atomic E-state index is 12.4. The normalized spacial score (nSPS) is 23.2. The predicted molar refractivity (Wildman–Crippen MR) is 88.7 cm³/mol. The summed E-state index contributed by atoms with van der Waals surface area (Å²) in [6.45, 7) is 4.12. The lowest BCUT2D eigenvalue weighted by atomic mass is 9.86. The number of nitrogens with zero attached hydrogens (tertiary/aromatic N) is 2. The molecule has 0 aliphatic heterocycles. The summed E-state index contributed by atoms with van der Waals surface area (Å²) in [5.74, 6) is 0.962. The number of sulfone groups is 1. The van der Waals surface area contributed by atoms with Crippen LogP contribution in [0.25, 0.3) is 0 Å². The third kappa shape index (κ3) is 3.51. The molecule has 0 radical (unpaired) electrons. The standard InChI is InChI=1S/C14H25N3O2S2/c1-4-8-21(18,19)12-13(15)16-20-14(12)17(3)11-7-5-6-10(2)9-11/h10-11H,4-9H2,1-3H3,(H2,15,16). The quantitative estimate of drug-likeness (QED) is 0.897. The fraction of sp³-hybridized carbons (Fsp3) is 0.786. The van der Waals surface area contributed by atoms with Crippen LogP contribution in [-0.2, 0) is 9.84 Å². The van der Waals surface area contributed by atoms with Crippen LogP contribution in [0.15, 0.2) is 4.90 Å². The molecule has 2 unspecified atom stereocenters. The zero-order chi connectivity index (χ0) is 15.6. The van der Waals surface area contributed by atoms with E-state index in [4.69, 9.17) is 5.73 Å². The largest absolute Gasteiger partial charge is 0.382 e. The van der Waals surface area contributed by atoms with E-state index in [2.05, 4.69) is 16.2 Å². The number of nitrogen functional groups attached to an aromatic ring is 1. The van der Waals surface area contributed by atoms with Crippen molar-refractivity contribution in [3.63, 3.8) is 0 Å². The molecule has 0 aromatic carbocycles. The van der Waals surface area contributed by atoms with Crippen LogP contribution in [0.4, 0.5) is 10.8 Å². The second kappa shape index (κ2) is 6.52. The molecule has 1 fully saturated rings. The predicted octanol–water partition coefficient (Wildman–Crippen LogP) is 2.92. The summed E-state index contributed by atoms with van der Waals surface area (Å²) in [7, 11) is -1.37. The zero-order valence-corrected chi connectivity index (χ0v) is 14.6. The number of aromatic nitrogens is 1. The number of hydrogen-bond donors (Lipinski definition) is 1. The molecule has 1 aliphatic carbocycles. The molecule has 1 aromatic heterocycles. The van der Waals surface area contributed by atoms with E-state index in [1.165, 1.54) is 24.4 Å². The van der Waals surface area contributed by atoms with Gasteiger partial charge >= 0.3 is 0 Å². The van der Waals surface area contributed by atoms with Crippen LogP contribution in [0.1, 0.15) is 46.0 Å². The topological polar surface area (TPSA) is 76.3 Å². The van der Waals surface area contributed by atoms with E-state index in [1.54, 1.807) is 0 Å². The Hall–Kier alpha value is -0.820. The monoisotopic (exact) mass is 331 g/mol. The Labute approximate surface area is 131 Å². The van der Waals surface area contributed by atoms with Gasteiger partial charge in [-0.3, -0.25) is 0 Å². The molecule has 0 saturated heterocycles. The number of nitrogens with two attached hydrogens (primary N) is 1. The third-order valence-corrected chi connectivity index (χ3v) is 7.27. The lowest BCUT2D eigenvalue weighted by molar-refractivity contribution is 0.336. The summed E-state index contributed by atoms with van der Waals surface area (Å²) in [5, 5.41) is 0.708. The second-order valence-electron chi connectivity index (χ2n) is 6.06. The van der Waals surface area contributed by atoms with Crippen molar-refractivity contribution in [1.82, 2.24) is 4.37 Å². The summed E-state index contributed by atoms with van der Waals surface area (Å²) in [4.78, 5) is 2.33. The highest BCUT2D eigenvalue weighted by Crippen LogP contribution is 2.38. The molecular formula is C14H25N3O2S2. The maximum Gasteiger partial charge on any atom is 0.185 e. The summed E-state index contributed by atoms with van der Waals surface area (Å²) < 4.78 is 29.0. The van der Waals surface area contributed by atoms with E-state index in [0.717, 1.165) is 12.8 Å². The highest BCUT2D eigenvalue weighted by atomic mass is 32.2. The summed E-state index contributed by atoms with van der Waals surface area (Å²) >= 11 is 1.20. The van der Waals surface area contributed by atoms with Gasteiger partial charge in [0.15, 0.2) is 15.7 Å². The van der Waals surface area contributed by atoms with Gasteiger partial charge in [0, 0.05) is 13.1 Å². The highest BCUT2D eigenvalue weighted by Gasteiger charge is 2.31. The molecule has 7 heteroatoms. The minimum Gasteiger partial charge on any atom is -0.382 e. The van der Waals surface area contributed by atoms with E-state index in [1.807, 2.05) is 14.0 Å². The average molecular weight is 332 g/mol. The first-order valence-corrected chi connectivity index (χ1v) is 10.00. The summed E-state index contributed by atoms with van der Waals surface area (Å²) in [5.41, 5.74) is 5.85. The molecular weight excluding hydrogens is 306 g/mol. The van der Waals surface area contributed by atoms with Crippen molar-refractivity contribution in [1.29, 1.82) is 0 Å². The van der Waals surface area contributed by atoms with E-state index < -0.39 is 9.84 Å². The van der Waals surface area contributed by atoms with Gasteiger partial charge in [-0.05, 0) is 36.7 Å². The van der Waals surface area contributed by atoms with Crippen LogP contribution in [-0.4, -0.2) is 31.6 Å². The van der Waals surface area contributed by atoms with Crippen LogP contribution in [0, 0.1) is 5.92 Å². The summed E-state index contributed by atoms with van der Waals surface area (Å²) in [6, 6.07) is 0.379. The molecule has 0 spiro atoms. The molecule has 2 atom stereocenters. The zero-order valence-electron chi connectivity index (χ0n) is 13.0. The average Bonchev–Trinajstić information content (AvgIpc) is 2.80. The van der Waals surface area contributed by atoms with E-state index in [0.29, 0.717) is 23.4 Å². The molecule has 2 N–H and O–H groups in total. The smallest absolute Gasteiger partial charge is 0.185 e. The van der Waals surface area contributed by atoms with E-state index >= 15 is 0 Å². The fourth-order valence-corrected chi connectivity index (χ4v) is 5.90. The third-order valence-electron chi connectivity index (χ3n) is 4.22. The van der Waals surface area contributed by atoms with Gasteiger partial charge in [0.2, 0.25) is 0 Å². The van der Waals surface area contributed by atoms with Crippen LogP contribution >= 0.6 is 11.5 Å². The van der Waals surface area contributed by atoms with Crippen molar-refractivity contribution >= 4 is 32.2 Å². The molecule has 2 rings (SSSR count). The number of rotatable bonds is 5. The molecule has 1 aromatic rings. The van der Waals surface area contributed by atoms with Crippen LogP contribution in [0.5, 0.6) is 0 Å². The van der Waals surface area contributed by atoms with Gasteiger partial charge in [-0.1, -0.05) is 26.7 Å². The van der Waals surface area contributed by atoms with Crippen molar-refractivity contribution in [3.8, 4) is 0 Å². The second-order valence-corrected chi connectivity index (χ2v) is 8.86. The van der Waals surface area contributed by atoms with E-state index in [9.17, 15) is 8.42 Å². The lowest BCUT2D eigenvalue weighted by Crippen LogP contribution is -2.35. The lowest BCUT2D eigenvalue weighted by Gasteiger charge is -2.34. The maximum atomic E-state index is 12.4. The molecule has 1 saturated carbocycles. The van der Waals surface area contributed by atoms with Gasteiger partial charge < -0.3 is 10.6 Å². The van der Waals surface area contributed by atoms with Crippen molar-refractivity contribution in [2.24, 2.45) is 5.92 Å². The van der Waals surface area contributed by atoms with E-state index in [-0.39, 0.29) is 16.5 Å². The first-order valence-electron chi connectivity index (χ1n) is 7.57. The van der Waals surface area contributed by atoms with Crippen molar-refractivity contribution in [2.75, 3.05) is 23.4 Å². The van der Waals surface area contributed by atoms with Gasteiger partial charge in [-0.15, -0.1) is 0 Å². The minimum atomic E-state index is -3.34. The van der Waals surface area contributed by atoms with Gasteiger partial charge in [-0.25, -0.2) is 8.42 Å². The van der Waals surface area contributed by atoms with Crippen LogP contribution in [0.2, 0.25) is 0 Å². The number of anilines is 2. The Morgan fingerprint density at radius 2 is 2.14 bits per heavy atom. The van der Waals surface area contributed by atoms with Crippen molar-refractivity contribution in [2.45, 2.75) is 56.9 Å². The Morgan fingerprint density at radius 1 is 1.43 bits per heavy atom. The molecule has 1 aliphatic rings. The van der Waals surface area contributed by atoms with Crippen molar-refractivity contribution < 1.29 is 8.42 Å². The Balaban J connectivity index is 2.32. The molecule has 120 valence electrons. The first-order chi connectivity index (χ1) is 9.86. The molecule has 1 heterocycles. The van der Waals surface area contributed by atoms with Crippen molar-refractivity contribution in [3.05, 3.63) is 0 Å². The van der Waals surface area contributed by atoms with Gasteiger partial charge in [0.25, 0.3) is 0 Å². The Bertz CT molecular complexity index is 583. The summed E-state index contributed by atoms with van der Waals surface area (Å²) in [6.07, 6.45) is 5.24. The molecule has 5 nitrogen and oxygen atoms in total.